The first-order chi connectivity index (χ1) is 11.7. The molecule has 0 bridgehead atoms. The molecular formula is C17H26F3IN4O. The van der Waals surface area contributed by atoms with Gasteiger partial charge in [-0.2, -0.15) is 0 Å². The number of rotatable bonds is 5. The van der Waals surface area contributed by atoms with Gasteiger partial charge in [-0.05, 0) is 63.4 Å². The molecule has 0 radical (unpaired) electrons. The number of ether oxygens (including phenoxy) is 1. The molecule has 1 atom stereocenters. The maximum absolute atomic E-state index is 12.1. The summed E-state index contributed by atoms with van der Waals surface area (Å²) >= 11 is 0. The fraction of sp³-hybridized carbons (Fsp3) is 0.588. The third kappa shape index (κ3) is 7.98. The molecule has 1 saturated heterocycles. The lowest BCUT2D eigenvalue weighted by Crippen LogP contribution is -2.41. The molecule has 1 aliphatic rings. The van der Waals surface area contributed by atoms with Crippen molar-refractivity contribution in [1.82, 2.24) is 4.90 Å². The lowest BCUT2D eigenvalue weighted by atomic mass is 9.97. The van der Waals surface area contributed by atoms with Crippen LogP contribution in [0.25, 0.3) is 0 Å². The summed E-state index contributed by atoms with van der Waals surface area (Å²) in [5.41, 5.74) is 6.43. The molecule has 9 heteroatoms. The molecule has 1 aromatic rings. The van der Waals surface area contributed by atoms with Gasteiger partial charge in [0.1, 0.15) is 5.75 Å². The highest BCUT2D eigenvalue weighted by atomic mass is 127. The van der Waals surface area contributed by atoms with Crippen molar-refractivity contribution in [2.45, 2.75) is 39.1 Å². The minimum absolute atomic E-state index is 0. The number of anilines is 1. The summed E-state index contributed by atoms with van der Waals surface area (Å²) in [6.07, 6.45) is -2.41. The third-order valence-corrected chi connectivity index (χ3v) is 4.16. The van der Waals surface area contributed by atoms with Crippen LogP contribution >= 0.6 is 24.0 Å². The van der Waals surface area contributed by atoms with Gasteiger partial charge >= 0.3 is 6.36 Å². The number of piperidine rings is 1. The molecular weight excluding hydrogens is 460 g/mol. The van der Waals surface area contributed by atoms with Gasteiger partial charge in [0.15, 0.2) is 5.96 Å². The molecule has 1 unspecified atom stereocenters. The minimum atomic E-state index is -4.70. The molecule has 1 fully saturated rings. The van der Waals surface area contributed by atoms with Crippen LogP contribution in [0, 0.1) is 5.92 Å². The number of nitrogens with one attached hydrogen (secondary N) is 1. The molecule has 0 spiro atoms. The Morgan fingerprint density at radius 1 is 1.35 bits per heavy atom. The fourth-order valence-electron chi connectivity index (χ4n) is 2.87. The molecule has 5 nitrogen and oxygen atoms in total. The molecule has 0 saturated carbocycles. The number of nitrogens with two attached hydrogens (primary N) is 1. The molecule has 3 N–H and O–H groups in total. The summed E-state index contributed by atoms with van der Waals surface area (Å²) in [7, 11) is 0. The van der Waals surface area contributed by atoms with E-state index in [0.29, 0.717) is 24.2 Å². The highest BCUT2D eigenvalue weighted by Gasteiger charge is 2.30. The lowest BCUT2D eigenvalue weighted by Gasteiger charge is -2.34. The van der Waals surface area contributed by atoms with Crippen molar-refractivity contribution >= 4 is 35.6 Å². The number of halogens is 4. The number of guanidine groups is 1. The Balaban J connectivity index is 0.00000338. The van der Waals surface area contributed by atoms with Crippen molar-refractivity contribution in [3.63, 3.8) is 0 Å². The second-order valence-electron chi connectivity index (χ2n) is 6.52. The van der Waals surface area contributed by atoms with Gasteiger partial charge in [0, 0.05) is 24.8 Å². The molecule has 0 amide bonds. The van der Waals surface area contributed by atoms with Crippen LogP contribution in [0.4, 0.5) is 18.9 Å². The largest absolute Gasteiger partial charge is 0.573 e. The summed E-state index contributed by atoms with van der Waals surface area (Å²) in [5, 5.41) is 2.88. The smallest absolute Gasteiger partial charge is 0.406 e. The second kappa shape index (κ2) is 10.2. The highest BCUT2D eigenvalue weighted by molar-refractivity contribution is 14.0. The van der Waals surface area contributed by atoms with E-state index >= 15 is 0 Å². The summed E-state index contributed by atoms with van der Waals surface area (Å²) in [4.78, 5) is 6.80. The van der Waals surface area contributed by atoms with Crippen molar-refractivity contribution in [2.24, 2.45) is 16.6 Å². The van der Waals surface area contributed by atoms with Crippen molar-refractivity contribution < 1.29 is 17.9 Å². The highest BCUT2D eigenvalue weighted by Crippen LogP contribution is 2.24. The van der Waals surface area contributed by atoms with Gasteiger partial charge in [-0.25, -0.2) is 0 Å². The topological polar surface area (TPSA) is 62.9 Å². The number of likely N-dealkylation sites (tertiary alicyclic amines) is 1. The molecule has 0 aromatic heterocycles. The van der Waals surface area contributed by atoms with E-state index in [1.54, 1.807) is 0 Å². The lowest BCUT2D eigenvalue weighted by molar-refractivity contribution is -0.274. The number of hydrogen-bond acceptors (Lipinski definition) is 3. The van der Waals surface area contributed by atoms with Gasteiger partial charge in [-0.15, -0.1) is 37.1 Å². The van der Waals surface area contributed by atoms with Crippen LogP contribution in [0.15, 0.2) is 29.3 Å². The van der Waals surface area contributed by atoms with Crippen LogP contribution in [0.1, 0.15) is 26.7 Å². The molecule has 1 heterocycles. The number of aliphatic imine (C=N–C) groups is 1. The molecule has 148 valence electrons. The van der Waals surface area contributed by atoms with Crippen LogP contribution in [-0.2, 0) is 0 Å². The maximum Gasteiger partial charge on any atom is 0.573 e. The van der Waals surface area contributed by atoms with Gasteiger partial charge in [0.2, 0.25) is 0 Å². The van der Waals surface area contributed by atoms with Crippen molar-refractivity contribution in [1.29, 1.82) is 0 Å². The molecule has 0 aliphatic carbocycles. The number of nitrogens with zero attached hydrogens (tertiary/aromatic N) is 2. The summed E-state index contributed by atoms with van der Waals surface area (Å²) in [5.74, 6) is 0.453. The summed E-state index contributed by atoms with van der Waals surface area (Å²) in [6, 6.07) is 5.91. The third-order valence-electron chi connectivity index (χ3n) is 4.16. The normalized spacial score (nSPS) is 19.2. The predicted octanol–water partition coefficient (Wildman–Crippen LogP) is 4.05. The Morgan fingerprint density at radius 2 is 2.00 bits per heavy atom. The molecule has 1 aromatic carbocycles. The van der Waals surface area contributed by atoms with Crippen LogP contribution in [0.3, 0.4) is 0 Å². The zero-order chi connectivity index (χ0) is 18.4. The monoisotopic (exact) mass is 486 g/mol. The van der Waals surface area contributed by atoms with E-state index in [2.05, 4.69) is 33.8 Å². The second-order valence-corrected chi connectivity index (χ2v) is 6.52. The van der Waals surface area contributed by atoms with E-state index in [1.807, 2.05) is 0 Å². The van der Waals surface area contributed by atoms with Crippen LogP contribution in [0.5, 0.6) is 5.75 Å². The van der Waals surface area contributed by atoms with Gasteiger partial charge in [0.25, 0.3) is 0 Å². The zero-order valence-corrected chi connectivity index (χ0v) is 17.3. The van der Waals surface area contributed by atoms with E-state index in [1.165, 1.54) is 24.3 Å². The van der Waals surface area contributed by atoms with Gasteiger partial charge < -0.3 is 20.7 Å². The molecule has 1 aliphatic heterocycles. The Hall–Kier alpha value is -1.23. The Morgan fingerprint density at radius 3 is 2.58 bits per heavy atom. The first-order valence-electron chi connectivity index (χ1n) is 8.40. The van der Waals surface area contributed by atoms with E-state index in [-0.39, 0.29) is 35.7 Å². The first kappa shape index (κ1) is 22.8. The number of hydrogen-bond donors (Lipinski definition) is 2. The predicted molar refractivity (Wildman–Crippen MR) is 108 cm³/mol. The van der Waals surface area contributed by atoms with Crippen LogP contribution < -0.4 is 15.8 Å². The maximum atomic E-state index is 12.1. The SMILES string of the molecule is CC(C)N1CCCC(CN=C(N)Nc2ccc(OC(F)(F)F)cc2)C1.I. The minimum Gasteiger partial charge on any atom is -0.406 e. The Labute approximate surface area is 169 Å². The number of alkyl halides is 3. The quantitative estimate of drug-likeness (QED) is 0.375. The Bertz CT molecular complexity index is 578. The van der Waals surface area contributed by atoms with E-state index in [4.69, 9.17) is 5.73 Å². The molecule has 26 heavy (non-hydrogen) atoms. The van der Waals surface area contributed by atoms with E-state index in [0.717, 1.165) is 25.9 Å². The van der Waals surface area contributed by atoms with Gasteiger partial charge in [0.05, 0.1) is 0 Å². The van der Waals surface area contributed by atoms with Crippen molar-refractivity contribution in [2.75, 3.05) is 25.0 Å². The van der Waals surface area contributed by atoms with Crippen molar-refractivity contribution in [3.05, 3.63) is 24.3 Å². The van der Waals surface area contributed by atoms with E-state index in [9.17, 15) is 13.2 Å². The van der Waals surface area contributed by atoms with Gasteiger partial charge in [-0.1, -0.05) is 0 Å². The summed E-state index contributed by atoms with van der Waals surface area (Å²) < 4.78 is 40.2. The average molecular weight is 486 g/mol. The van der Waals surface area contributed by atoms with Gasteiger partial charge in [-0.3, -0.25) is 4.99 Å². The first-order valence-corrected chi connectivity index (χ1v) is 8.40. The van der Waals surface area contributed by atoms with Crippen molar-refractivity contribution in [3.8, 4) is 5.75 Å². The zero-order valence-electron chi connectivity index (χ0n) is 14.9. The number of benzene rings is 1. The standard InChI is InChI=1S/C17H25F3N4O.HI/c1-12(2)24-9-3-4-13(11-24)10-22-16(21)23-14-5-7-15(8-6-14)25-17(18,19)20;/h5-8,12-13H,3-4,9-11H2,1-2H3,(H3,21,22,23);1H. The molecule has 2 rings (SSSR count). The van der Waals surface area contributed by atoms with Crippen LogP contribution in [0.2, 0.25) is 0 Å². The fourth-order valence-corrected chi connectivity index (χ4v) is 2.87. The summed E-state index contributed by atoms with van der Waals surface area (Å²) in [6.45, 7) is 7.15. The Kier molecular flexibility index (Phi) is 8.94. The van der Waals surface area contributed by atoms with E-state index < -0.39 is 6.36 Å². The average Bonchev–Trinajstić information content (AvgIpc) is 2.54. The van der Waals surface area contributed by atoms with Crippen LogP contribution in [-0.4, -0.2) is 42.9 Å².